The van der Waals surface area contributed by atoms with Gasteiger partial charge in [-0.25, -0.2) is 15.0 Å². The highest BCUT2D eigenvalue weighted by Crippen LogP contribution is 2.37. The third-order valence-electron chi connectivity index (χ3n) is 4.34. The van der Waals surface area contributed by atoms with Gasteiger partial charge in [0.1, 0.15) is 17.8 Å². The first-order chi connectivity index (χ1) is 14.2. The summed E-state index contributed by atoms with van der Waals surface area (Å²) in [5.41, 5.74) is 8.30. The molecule has 0 atom stereocenters. The van der Waals surface area contributed by atoms with Crippen molar-refractivity contribution in [1.82, 2.24) is 15.0 Å². The van der Waals surface area contributed by atoms with E-state index >= 15 is 0 Å². The largest absolute Gasteiger partial charge is 0.497 e. The molecule has 4 aromatic rings. The van der Waals surface area contributed by atoms with Gasteiger partial charge in [0, 0.05) is 11.8 Å². The van der Waals surface area contributed by atoms with Gasteiger partial charge in [-0.2, -0.15) is 0 Å². The number of nitrogen functional groups attached to an aromatic ring is 1. The number of anilines is 5. The summed E-state index contributed by atoms with van der Waals surface area (Å²) >= 11 is 1.48. The summed E-state index contributed by atoms with van der Waals surface area (Å²) in [7, 11) is 1.64. The first-order valence-corrected chi connectivity index (χ1v) is 9.50. The number of nitrogens with zero attached hydrogens (tertiary/aromatic N) is 3. The molecular weight excluding hydrogens is 392 g/mol. The molecule has 0 unspecified atom stereocenters. The van der Waals surface area contributed by atoms with Crippen LogP contribution >= 0.6 is 11.3 Å². The molecule has 0 spiro atoms. The minimum Gasteiger partial charge on any atom is -0.497 e. The first kappa shape index (κ1) is 17.3. The van der Waals surface area contributed by atoms with Crippen molar-refractivity contribution in [3.05, 3.63) is 42.7 Å². The second-order valence-electron chi connectivity index (χ2n) is 6.16. The standard InChI is InChI=1S/C19H16N6O3S/c1-26-11-3-4-12-15(7-11)29-19(24-12)25-18-16(20)17(21-8-22-18)23-10-2-5-13-14(6-10)28-9-27-13/h2-8H,9,20H2,1H3,(H2,21,22,23,24,25). The van der Waals surface area contributed by atoms with E-state index in [4.69, 9.17) is 19.9 Å². The molecule has 0 bridgehead atoms. The van der Waals surface area contributed by atoms with Crippen LogP contribution in [-0.4, -0.2) is 28.9 Å². The Morgan fingerprint density at radius 2 is 1.86 bits per heavy atom. The fourth-order valence-corrected chi connectivity index (χ4v) is 3.79. The first-order valence-electron chi connectivity index (χ1n) is 8.68. The van der Waals surface area contributed by atoms with E-state index in [2.05, 4.69) is 25.6 Å². The van der Waals surface area contributed by atoms with Crippen LogP contribution in [-0.2, 0) is 0 Å². The number of methoxy groups -OCH3 is 1. The van der Waals surface area contributed by atoms with Crippen LogP contribution in [0.25, 0.3) is 10.2 Å². The Morgan fingerprint density at radius 3 is 2.72 bits per heavy atom. The Hall–Kier alpha value is -3.79. The summed E-state index contributed by atoms with van der Waals surface area (Å²) in [6.45, 7) is 0.219. The number of fused-ring (bicyclic) bond motifs is 2. The van der Waals surface area contributed by atoms with Gasteiger partial charge in [-0.15, -0.1) is 0 Å². The van der Waals surface area contributed by atoms with Crippen molar-refractivity contribution >= 4 is 49.7 Å². The summed E-state index contributed by atoms with van der Waals surface area (Å²) in [5.74, 6) is 3.11. The average molecular weight is 408 g/mol. The molecule has 0 amide bonds. The number of hydrogen-bond donors (Lipinski definition) is 3. The van der Waals surface area contributed by atoms with Gasteiger partial charge in [-0.05, 0) is 30.3 Å². The number of aromatic nitrogens is 3. The third kappa shape index (κ3) is 3.29. The molecule has 0 saturated heterocycles. The van der Waals surface area contributed by atoms with Crippen molar-refractivity contribution in [2.45, 2.75) is 0 Å². The van der Waals surface area contributed by atoms with Gasteiger partial charge in [-0.1, -0.05) is 11.3 Å². The van der Waals surface area contributed by atoms with Crippen molar-refractivity contribution in [3.8, 4) is 17.2 Å². The summed E-state index contributed by atoms with van der Waals surface area (Å²) in [4.78, 5) is 13.1. The molecule has 10 heteroatoms. The molecule has 146 valence electrons. The predicted octanol–water partition coefficient (Wildman–Crippen LogP) is 3.89. The Bertz CT molecular complexity index is 1210. The topological polar surface area (TPSA) is 116 Å². The number of nitrogens with one attached hydrogen (secondary N) is 2. The highest BCUT2D eigenvalue weighted by Gasteiger charge is 2.15. The van der Waals surface area contributed by atoms with Gasteiger partial charge < -0.3 is 30.6 Å². The maximum Gasteiger partial charge on any atom is 0.231 e. The summed E-state index contributed by atoms with van der Waals surface area (Å²) in [6, 6.07) is 11.2. The number of hydrogen-bond acceptors (Lipinski definition) is 10. The zero-order valence-corrected chi connectivity index (χ0v) is 16.1. The molecule has 0 aliphatic carbocycles. The van der Waals surface area contributed by atoms with Crippen molar-refractivity contribution in [2.75, 3.05) is 30.3 Å². The molecule has 1 aliphatic heterocycles. The molecule has 0 radical (unpaired) electrons. The monoisotopic (exact) mass is 408 g/mol. The third-order valence-corrected chi connectivity index (χ3v) is 5.27. The van der Waals surface area contributed by atoms with Crippen LogP contribution in [0.4, 0.5) is 28.1 Å². The maximum absolute atomic E-state index is 6.28. The molecule has 29 heavy (non-hydrogen) atoms. The molecular formula is C19H16N6O3S. The molecule has 1 aliphatic rings. The van der Waals surface area contributed by atoms with Crippen LogP contribution in [0.15, 0.2) is 42.7 Å². The second kappa shape index (κ2) is 6.99. The zero-order valence-electron chi connectivity index (χ0n) is 15.3. The van der Waals surface area contributed by atoms with Crippen LogP contribution in [0, 0.1) is 0 Å². The van der Waals surface area contributed by atoms with Crippen LogP contribution in [0.2, 0.25) is 0 Å². The predicted molar refractivity (Wildman–Crippen MR) is 112 cm³/mol. The van der Waals surface area contributed by atoms with Crippen molar-refractivity contribution in [2.24, 2.45) is 0 Å². The van der Waals surface area contributed by atoms with Gasteiger partial charge in [-0.3, -0.25) is 0 Å². The lowest BCUT2D eigenvalue weighted by Crippen LogP contribution is -2.05. The Kier molecular flexibility index (Phi) is 4.17. The van der Waals surface area contributed by atoms with E-state index in [1.807, 2.05) is 36.4 Å². The second-order valence-corrected chi connectivity index (χ2v) is 7.19. The molecule has 5 rings (SSSR count). The smallest absolute Gasteiger partial charge is 0.231 e. The Labute approximate surface area is 169 Å². The highest BCUT2D eigenvalue weighted by molar-refractivity contribution is 7.22. The SMILES string of the molecule is COc1ccc2nc(Nc3ncnc(Nc4ccc5c(c4)OCO5)c3N)sc2c1. The lowest BCUT2D eigenvalue weighted by atomic mass is 10.2. The minimum absolute atomic E-state index is 0.219. The quantitative estimate of drug-likeness (QED) is 0.452. The van der Waals surface area contributed by atoms with Gasteiger partial charge in [0.05, 0.1) is 17.3 Å². The van der Waals surface area contributed by atoms with Gasteiger partial charge in [0.15, 0.2) is 28.3 Å². The molecule has 4 N–H and O–H groups in total. The molecule has 0 saturated carbocycles. The maximum atomic E-state index is 6.28. The molecule has 9 nitrogen and oxygen atoms in total. The lowest BCUT2D eigenvalue weighted by molar-refractivity contribution is 0.174. The summed E-state index contributed by atoms with van der Waals surface area (Å²) < 4.78 is 17.0. The summed E-state index contributed by atoms with van der Waals surface area (Å²) in [6.07, 6.45) is 1.43. The number of ether oxygens (including phenoxy) is 3. The van der Waals surface area contributed by atoms with E-state index in [0.29, 0.717) is 34.0 Å². The molecule has 3 heterocycles. The number of thiazole rings is 1. The van der Waals surface area contributed by atoms with Crippen LogP contribution in [0.5, 0.6) is 17.2 Å². The van der Waals surface area contributed by atoms with Crippen molar-refractivity contribution < 1.29 is 14.2 Å². The average Bonchev–Trinajstić information content (AvgIpc) is 3.36. The zero-order chi connectivity index (χ0) is 19.8. The van der Waals surface area contributed by atoms with Crippen molar-refractivity contribution in [3.63, 3.8) is 0 Å². The number of rotatable bonds is 5. The van der Waals surface area contributed by atoms with Crippen LogP contribution in [0.1, 0.15) is 0 Å². The van der Waals surface area contributed by atoms with Crippen LogP contribution < -0.4 is 30.6 Å². The van der Waals surface area contributed by atoms with E-state index in [9.17, 15) is 0 Å². The van der Waals surface area contributed by atoms with Gasteiger partial charge in [0.25, 0.3) is 0 Å². The molecule has 0 fully saturated rings. The fourth-order valence-electron chi connectivity index (χ4n) is 2.89. The highest BCUT2D eigenvalue weighted by atomic mass is 32.1. The van der Waals surface area contributed by atoms with E-state index in [1.54, 1.807) is 7.11 Å². The Balaban J connectivity index is 1.40. The van der Waals surface area contributed by atoms with E-state index < -0.39 is 0 Å². The molecule has 2 aromatic carbocycles. The van der Waals surface area contributed by atoms with Gasteiger partial charge >= 0.3 is 0 Å². The fraction of sp³-hybridized carbons (Fsp3) is 0.105. The van der Waals surface area contributed by atoms with Crippen molar-refractivity contribution in [1.29, 1.82) is 0 Å². The number of benzene rings is 2. The van der Waals surface area contributed by atoms with E-state index in [0.717, 1.165) is 21.7 Å². The van der Waals surface area contributed by atoms with E-state index in [1.165, 1.54) is 17.7 Å². The van der Waals surface area contributed by atoms with Crippen LogP contribution in [0.3, 0.4) is 0 Å². The number of nitrogens with two attached hydrogens (primary N) is 1. The molecule has 2 aromatic heterocycles. The van der Waals surface area contributed by atoms with E-state index in [-0.39, 0.29) is 6.79 Å². The lowest BCUT2D eigenvalue weighted by Gasteiger charge is -2.11. The summed E-state index contributed by atoms with van der Waals surface area (Å²) in [5, 5.41) is 7.03. The minimum atomic E-state index is 0.219. The Morgan fingerprint density at radius 1 is 1.03 bits per heavy atom. The van der Waals surface area contributed by atoms with Gasteiger partial charge in [0.2, 0.25) is 6.79 Å². The normalized spacial score (nSPS) is 12.2.